The van der Waals surface area contributed by atoms with E-state index in [1.165, 1.54) is 32.2 Å². The maximum absolute atomic E-state index is 9.69. The number of aliphatic hydroxyl groups excluding tert-OH is 1. The molecule has 3 heteroatoms. The number of nitrogens with one attached hydrogen (secondary N) is 1. The van der Waals surface area contributed by atoms with Crippen LogP contribution in [0, 0.1) is 5.92 Å². The van der Waals surface area contributed by atoms with Crippen molar-refractivity contribution in [3.63, 3.8) is 0 Å². The van der Waals surface area contributed by atoms with Gasteiger partial charge < -0.3 is 10.4 Å². The summed E-state index contributed by atoms with van der Waals surface area (Å²) in [5, 5.41) is 13.1. The molecule has 0 aromatic heterocycles. The Labute approximate surface area is 112 Å². The van der Waals surface area contributed by atoms with Crippen LogP contribution in [0.1, 0.15) is 52.4 Å². The molecule has 18 heavy (non-hydrogen) atoms. The quantitative estimate of drug-likeness (QED) is 0.808. The highest BCUT2D eigenvalue weighted by molar-refractivity contribution is 4.97. The fourth-order valence-corrected chi connectivity index (χ4v) is 3.90. The van der Waals surface area contributed by atoms with Crippen molar-refractivity contribution in [2.75, 3.05) is 20.2 Å². The van der Waals surface area contributed by atoms with Gasteiger partial charge in [0.15, 0.2) is 0 Å². The van der Waals surface area contributed by atoms with Crippen LogP contribution in [-0.4, -0.2) is 47.8 Å². The number of aliphatic hydroxyl groups is 1. The molecule has 1 aliphatic heterocycles. The predicted molar refractivity (Wildman–Crippen MR) is 75.7 cm³/mol. The predicted octanol–water partition coefficient (Wildman–Crippen LogP) is 2.00. The first-order valence-corrected chi connectivity index (χ1v) is 7.66. The van der Waals surface area contributed by atoms with Gasteiger partial charge in [-0.2, -0.15) is 0 Å². The van der Waals surface area contributed by atoms with Crippen molar-refractivity contribution in [1.82, 2.24) is 10.2 Å². The van der Waals surface area contributed by atoms with Crippen molar-refractivity contribution in [2.24, 2.45) is 5.92 Å². The number of rotatable bonds is 3. The summed E-state index contributed by atoms with van der Waals surface area (Å²) in [5.74, 6) is 0.834. The monoisotopic (exact) mass is 254 g/mol. The van der Waals surface area contributed by atoms with E-state index in [1.807, 2.05) is 7.05 Å². The normalized spacial score (nSPS) is 43.0. The first kappa shape index (κ1) is 14.3. The van der Waals surface area contributed by atoms with Crippen LogP contribution in [0.5, 0.6) is 0 Å². The summed E-state index contributed by atoms with van der Waals surface area (Å²) in [5.41, 5.74) is -0.0245. The van der Waals surface area contributed by atoms with Crippen molar-refractivity contribution < 1.29 is 5.11 Å². The third kappa shape index (κ3) is 2.89. The highest BCUT2D eigenvalue weighted by Crippen LogP contribution is 2.34. The average Bonchev–Trinajstić information content (AvgIpc) is 2.41. The van der Waals surface area contributed by atoms with Gasteiger partial charge in [-0.25, -0.2) is 0 Å². The molecule has 2 rings (SSSR count). The lowest BCUT2D eigenvalue weighted by Gasteiger charge is -2.48. The molecule has 1 saturated heterocycles. The van der Waals surface area contributed by atoms with Gasteiger partial charge in [0, 0.05) is 24.2 Å². The van der Waals surface area contributed by atoms with Crippen molar-refractivity contribution >= 4 is 0 Å². The van der Waals surface area contributed by atoms with Gasteiger partial charge in [-0.1, -0.05) is 6.92 Å². The van der Waals surface area contributed by atoms with Crippen molar-refractivity contribution in [3.05, 3.63) is 0 Å². The first-order valence-electron chi connectivity index (χ1n) is 7.66. The number of likely N-dealkylation sites (N-methyl/N-ethyl adjacent to an activating group) is 1. The van der Waals surface area contributed by atoms with Crippen molar-refractivity contribution in [1.29, 1.82) is 0 Å². The van der Waals surface area contributed by atoms with E-state index in [2.05, 4.69) is 24.1 Å². The van der Waals surface area contributed by atoms with Gasteiger partial charge in [0.05, 0.1) is 6.61 Å². The maximum Gasteiger partial charge on any atom is 0.0613 e. The highest BCUT2D eigenvalue weighted by atomic mass is 16.3. The minimum absolute atomic E-state index is 0.0245. The van der Waals surface area contributed by atoms with E-state index in [1.54, 1.807) is 0 Å². The zero-order chi connectivity index (χ0) is 13.2. The molecule has 2 aliphatic rings. The number of hydrogen-bond donors (Lipinski definition) is 2. The Balaban J connectivity index is 2.03. The van der Waals surface area contributed by atoms with Gasteiger partial charge in [0.1, 0.15) is 0 Å². The minimum Gasteiger partial charge on any atom is -0.394 e. The van der Waals surface area contributed by atoms with E-state index in [0.29, 0.717) is 6.04 Å². The fourth-order valence-electron chi connectivity index (χ4n) is 3.90. The molecular weight excluding hydrogens is 224 g/mol. The van der Waals surface area contributed by atoms with Crippen LogP contribution >= 0.6 is 0 Å². The zero-order valence-corrected chi connectivity index (χ0v) is 12.3. The molecule has 0 spiro atoms. The van der Waals surface area contributed by atoms with E-state index in [4.69, 9.17) is 0 Å². The van der Waals surface area contributed by atoms with Gasteiger partial charge in [-0.15, -0.1) is 0 Å². The Bertz CT molecular complexity index is 265. The highest BCUT2D eigenvalue weighted by Gasteiger charge is 2.39. The molecule has 106 valence electrons. The van der Waals surface area contributed by atoms with Crippen LogP contribution < -0.4 is 5.32 Å². The smallest absolute Gasteiger partial charge is 0.0613 e. The Morgan fingerprint density at radius 2 is 2.06 bits per heavy atom. The topological polar surface area (TPSA) is 35.5 Å². The molecule has 0 radical (unpaired) electrons. The molecule has 1 aliphatic carbocycles. The summed E-state index contributed by atoms with van der Waals surface area (Å²) < 4.78 is 0. The largest absolute Gasteiger partial charge is 0.394 e. The number of nitrogens with zero attached hydrogens (tertiary/aromatic N) is 1. The number of piperidine rings is 1. The second-order valence-electron chi connectivity index (χ2n) is 6.67. The summed E-state index contributed by atoms with van der Waals surface area (Å²) in [7, 11) is 2.00. The van der Waals surface area contributed by atoms with Crippen LogP contribution in [0.3, 0.4) is 0 Å². The molecule has 1 heterocycles. The molecule has 0 amide bonds. The van der Waals surface area contributed by atoms with E-state index in [9.17, 15) is 5.11 Å². The third-order valence-corrected chi connectivity index (χ3v) is 5.29. The molecule has 2 N–H and O–H groups in total. The molecule has 3 nitrogen and oxygen atoms in total. The standard InChI is InChI=1S/C15H30N2O/c1-12-6-7-13(2)17(10-12)14-5-4-8-15(9-14,11-18)16-3/h12-14,16,18H,4-11H2,1-3H3. The molecular formula is C15H30N2O. The van der Waals surface area contributed by atoms with Crippen LogP contribution in [-0.2, 0) is 0 Å². The lowest BCUT2D eigenvalue weighted by Crippen LogP contribution is -2.57. The fraction of sp³-hybridized carbons (Fsp3) is 1.00. The summed E-state index contributed by atoms with van der Waals surface area (Å²) in [6.07, 6.45) is 7.49. The summed E-state index contributed by atoms with van der Waals surface area (Å²) in [6.45, 7) is 6.27. The zero-order valence-electron chi connectivity index (χ0n) is 12.3. The van der Waals surface area contributed by atoms with Gasteiger partial charge in [-0.3, -0.25) is 4.90 Å². The van der Waals surface area contributed by atoms with E-state index in [-0.39, 0.29) is 12.1 Å². The molecule has 2 fully saturated rings. The van der Waals surface area contributed by atoms with Gasteiger partial charge in [0.25, 0.3) is 0 Å². The molecule has 4 atom stereocenters. The number of hydrogen-bond acceptors (Lipinski definition) is 3. The van der Waals surface area contributed by atoms with E-state index < -0.39 is 0 Å². The van der Waals surface area contributed by atoms with Crippen LogP contribution in [0.25, 0.3) is 0 Å². The second kappa shape index (κ2) is 5.89. The Morgan fingerprint density at radius 1 is 1.28 bits per heavy atom. The van der Waals surface area contributed by atoms with E-state index in [0.717, 1.165) is 24.8 Å². The first-order chi connectivity index (χ1) is 8.60. The number of likely N-dealkylation sites (tertiary alicyclic amines) is 1. The Kier molecular flexibility index (Phi) is 4.68. The SMILES string of the molecule is CNC1(CO)CCCC(N2CC(C)CCC2C)C1. The lowest BCUT2D eigenvalue weighted by molar-refractivity contribution is 0.0178. The maximum atomic E-state index is 9.69. The van der Waals surface area contributed by atoms with Crippen LogP contribution in [0.15, 0.2) is 0 Å². The summed E-state index contributed by atoms with van der Waals surface area (Å²) in [4.78, 5) is 2.72. The van der Waals surface area contributed by atoms with Crippen molar-refractivity contribution in [3.8, 4) is 0 Å². The second-order valence-corrected chi connectivity index (χ2v) is 6.67. The lowest BCUT2D eigenvalue weighted by atomic mass is 9.77. The van der Waals surface area contributed by atoms with Gasteiger partial charge in [-0.05, 0) is 58.4 Å². The van der Waals surface area contributed by atoms with Gasteiger partial charge in [0.2, 0.25) is 0 Å². The Morgan fingerprint density at radius 3 is 2.72 bits per heavy atom. The molecule has 4 unspecified atom stereocenters. The molecule has 0 aromatic rings. The third-order valence-electron chi connectivity index (χ3n) is 5.29. The summed E-state index contributed by atoms with van der Waals surface area (Å²) >= 11 is 0. The van der Waals surface area contributed by atoms with Gasteiger partial charge >= 0.3 is 0 Å². The van der Waals surface area contributed by atoms with Crippen molar-refractivity contribution in [2.45, 2.75) is 70.0 Å². The van der Waals surface area contributed by atoms with Crippen LogP contribution in [0.2, 0.25) is 0 Å². The molecule has 1 saturated carbocycles. The summed E-state index contributed by atoms with van der Waals surface area (Å²) in [6, 6.07) is 1.38. The van der Waals surface area contributed by atoms with E-state index >= 15 is 0 Å². The average molecular weight is 254 g/mol. The Hall–Kier alpha value is -0.120. The molecule has 0 aromatic carbocycles. The van der Waals surface area contributed by atoms with Crippen LogP contribution in [0.4, 0.5) is 0 Å². The molecule has 0 bridgehead atoms. The minimum atomic E-state index is -0.0245.